The van der Waals surface area contributed by atoms with Crippen molar-refractivity contribution >= 4 is 70.2 Å². The van der Waals surface area contributed by atoms with Crippen molar-refractivity contribution in [3.05, 3.63) is 68.6 Å². The molecule has 16 heteroatoms. The van der Waals surface area contributed by atoms with Crippen LogP contribution in [0.15, 0.2) is 48.6 Å². The Morgan fingerprint density at radius 2 is 0.940 bits per heavy atom. The van der Waals surface area contributed by atoms with Crippen LogP contribution in [-0.2, 0) is 28.7 Å². The largest absolute Gasteiger partial charge is 0.490 e. The molecule has 50 heavy (non-hydrogen) atoms. The van der Waals surface area contributed by atoms with Gasteiger partial charge >= 0.3 is 11.9 Å². The molecule has 4 heterocycles. The van der Waals surface area contributed by atoms with E-state index in [0.717, 1.165) is 37.8 Å². The van der Waals surface area contributed by atoms with Crippen molar-refractivity contribution in [2.45, 2.75) is 100 Å². The number of nitrogens with two attached hydrogens (primary N) is 2. The average Bonchev–Trinajstić information content (AvgIpc) is 3.47. The summed E-state index contributed by atoms with van der Waals surface area (Å²) in [5, 5.41) is 1.61. The first kappa shape index (κ1) is 36.5. The Bertz CT molecular complexity index is 1530. The minimum atomic E-state index is -1.35. The predicted octanol–water partition coefficient (Wildman–Crippen LogP) is 5.01. The maximum absolute atomic E-state index is 12.8. The maximum atomic E-state index is 12.8. The van der Waals surface area contributed by atoms with E-state index in [1.807, 2.05) is 0 Å². The van der Waals surface area contributed by atoms with Crippen LogP contribution in [0.4, 0.5) is 0 Å². The number of primary amides is 2. The molecule has 0 saturated carbocycles. The van der Waals surface area contributed by atoms with Crippen LogP contribution in [0.2, 0.25) is 20.1 Å². The predicted molar refractivity (Wildman–Crippen MR) is 185 cm³/mol. The molecular weight excluding hydrogens is 734 g/mol. The van der Waals surface area contributed by atoms with Crippen LogP contribution < -0.4 is 20.9 Å². The van der Waals surface area contributed by atoms with Crippen LogP contribution in [0, 0.1) is 0 Å². The van der Waals surface area contributed by atoms with Crippen LogP contribution in [0.25, 0.3) is 0 Å². The van der Waals surface area contributed by atoms with Crippen LogP contribution in [0.3, 0.4) is 0 Å². The van der Waals surface area contributed by atoms with Gasteiger partial charge in [-0.25, -0.2) is 9.59 Å². The molecule has 268 valence electrons. The van der Waals surface area contributed by atoms with Crippen molar-refractivity contribution in [1.82, 2.24) is 9.80 Å². The monoisotopic (exact) mass is 768 g/mol. The smallest absolute Gasteiger partial charge is 0.333 e. The third-order valence-electron chi connectivity index (χ3n) is 9.72. The minimum absolute atomic E-state index is 0.133. The van der Waals surface area contributed by atoms with E-state index in [-0.39, 0.29) is 36.4 Å². The second kappa shape index (κ2) is 15.5. The van der Waals surface area contributed by atoms with Crippen molar-refractivity contribution in [2.24, 2.45) is 11.5 Å². The third-order valence-corrected chi connectivity index (χ3v) is 11.2. The number of rotatable bonds is 12. The summed E-state index contributed by atoms with van der Waals surface area (Å²) in [6, 6.07) is 9.56. The number of nitrogens with zero attached hydrogens (tertiary/aromatic N) is 2. The van der Waals surface area contributed by atoms with Gasteiger partial charge in [0, 0.05) is 74.1 Å². The molecule has 12 nitrogen and oxygen atoms in total. The standard InChI is InChI=1S/C34H36Cl4N4O8/c35-25-7-5-21(15-27(25)37)47-23-11-17-1-2-18(12-23)41(17)33(31(39)45)49-29(43)9-10-30(44)50-34(32(40)46)42-19-3-4-20(42)14-24(13-19)48-22-6-8-26(36)28(38)16-22/h5-10,15-20,23-24,33-34H,1-4,11-14H2,(H2,39,45)(H2,40,46)/b10-9+. The lowest BCUT2D eigenvalue weighted by molar-refractivity contribution is -0.170. The molecule has 2 amide bonds. The average molecular weight is 770 g/mol. The van der Waals surface area contributed by atoms with Gasteiger partial charge < -0.3 is 30.4 Å². The van der Waals surface area contributed by atoms with Gasteiger partial charge in [-0.15, -0.1) is 0 Å². The molecule has 2 aromatic carbocycles. The number of carbonyl (C=O) groups excluding carboxylic acids is 4. The van der Waals surface area contributed by atoms with Crippen molar-refractivity contribution in [3.63, 3.8) is 0 Å². The van der Waals surface area contributed by atoms with E-state index in [2.05, 4.69) is 0 Å². The second-order valence-corrected chi connectivity index (χ2v) is 14.6. The fourth-order valence-electron chi connectivity index (χ4n) is 7.74. The summed E-state index contributed by atoms with van der Waals surface area (Å²) < 4.78 is 23.2. The quantitative estimate of drug-likeness (QED) is 0.222. The lowest BCUT2D eigenvalue weighted by Crippen LogP contribution is -2.57. The Balaban J connectivity index is 1.03. The van der Waals surface area contributed by atoms with E-state index in [4.69, 9.17) is 76.8 Å². The highest BCUT2D eigenvalue weighted by Crippen LogP contribution is 2.41. The summed E-state index contributed by atoms with van der Waals surface area (Å²) in [6.07, 6.45) is 3.93. The molecule has 4 bridgehead atoms. The number of piperidine rings is 2. The van der Waals surface area contributed by atoms with Crippen LogP contribution in [0.5, 0.6) is 11.5 Å². The highest BCUT2D eigenvalue weighted by Gasteiger charge is 2.49. The summed E-state index contributed by atoms with van der Waals surface area (Å²) in [5.41, 5.74) is 11.4. The number of ether oxygens (including phenoxy) is 4. The van der Waals surface area contributed by atoms with Crippen LogP contribution in [0.1, 0.15) is 51.4 Å². The van der Waals surface area contributed by atoms with Crippen molar-refractivity contribution < 1.29 is 38.1 Å². The summed E-state index contributed by atoms with van der Waals surface area (Å²) >= 11 is 24.3. The fraction of sp³-hybridized carbons (Fsp3) is 0.471. The van der Waals surface area contributed by atoms with Gasteiger partial charge in [0.05, 0.1) is 20.1 Å². The third kappa shape index (κ3) is 8.27. The summed E-state index contributed by atoms with van der Waals surface area (Å²) in [4.78, 5) is 54.3. The number of hydrogen-bond acceptors (Lipinski definition) is 10. The number of carbonyl (C=O) groups is 4. The molecule has 0 spiro atoms. The van der Waals surface area contributed by atoms with Gasteiger partial charge in [-0.1, -0.05) is 46.4 Å². The van der Waals surface area contributed by atoms with Crippen molar-refractivity contribution in [3.8, 4) is 11.5 Å². The number of hydrogen-bond donors (Lipinski definition) is 2. The number of fused-ring (bicyclic) bond motifs is 4. The van der Waals surface area contributed by atoms with Gasteiger partial charge in [-0.05, 0) is 49.9 Å². The van der Waals surface area contributed by atoms with Gasteiger partial charge in [0.25, 0.3) is 11.8 Å². The summed E-state index contributed by atoms with van der Waals surface area (Å²) in [6.45, 7) is 0. The normalized spacial score (nSPS) is 27.4. The zero-order chi connectivity index (χ0) is 35.7. The first-order valence-electron chi connectivity index (χ1n) is 16.3. The Morgan fingerprint density at radius 1 is 0.600 bits per heavy atom. The van der Waals surface area contributed by atoms with E-state index in [1.165, 1.54) is 0 Å². The van der Waals surface area contributed by atoms with E-state index < -0.39 is 36.2 Å². The number of halogens is 4. The Labute approximate surface area is 308 Å². The zero-order valence-corrected chi connectivity index (χ0v) is 29.7. The maximum Gasteiger partial charge on any atom is 0.333 e. The number of amides is 2. The fourth-order valence-corrected chi connectivity index (χ4v) is 8.31. The highest BCUT2D eigenvalue weighted by atomic mass is 35.5. The first-order valence-corrected chi connectivity index (χ1v) is 17.8. The van der Waals surface area contributed by atoms with E-state index in [9.17, 15) is 19.2 Å². The SMILES string of the molecule is NC(=O)C(OC(=O)/C=C/C(=O)OC(C(N)=O)N1C2CCC1CC(Oc1ccc(Cl)c(Cl)c1)C2)N1C2CCC1CC(Oc1ccc(Cl)c(Cl)c1)C2. The van der Waals surface area contributed by atoms with E-state index in [0.29, 0.717) is 57.3 Å². The van der Waals surface area contributed by atoms with E-state index in [1.54, 1.807) is 46.2 Å². The van der Waals surface area contributed by atoms with E-state index >= 15 is 0 Å². The Hall–Kier alpha value is -3.26. The molecule has 4 saturated heterocycles. The van der Waals surface area contributed by atoms with Crippen molar-refractivity contribution in [1.29, 1.82) is 0 Å². The minimum Gasteiger partial charge on any atom is -0.490 e. The molecule has 6 unspecified atom stereocenters. The van der Waals surface area contributed by atoms with Gasteiger partial charge in [0.1, 0.15) is 23.7 Å². The zero-order valence-electron chi connectivity index (χ0n) is 26.7. The van der Waals surface area contributed by atoms with Gasteiger partial charge in [-0.3, -0.25) is 19.4 Å². The summed E-state index contributed by atoms with van der Waals surface area (Å²) in [7, 11) is 0. The lowest BCUT2D eigenvalue weighted by atomic mass is 9.99. The lowest BCUT2D eigenvalue weighted by Gasteiger charge is -2.41. The van der Waals surface area contributed by atoms with Crippen molar-refractivity contribution in [2.75, 3.05) is 0 Å². The number of esters is 2. The first-order chi connectivity index (χ1) is 23.9. The van der Waals surface area contributed by atoms with Gasteiger partial charge in [0.15, 0.2) is 0 Å². The molecular formula is C34H36Cl4N4O8. The molecule has 0 aromatic heterocycles. The van der Waals surface area contributed by atoms with Crippen LogP contribution in [-0.4, -0.2) is 82.4 Å². The molecule has 0 radical (unpaired) electrons. The topological polar surface area (TPSA) is 164 Å². The number of benzene rings is 2. The molecule has 6 rings (SSSR count). The highest BCUT2D eigenvalue weighted by molar-refractivity contribution is 6.42. The molecule has 0 aliphatic carbocycles. The van der Waals surface area contributed by atoms with Crippen LogP contribution >= 0.6 is 46.4 Å². The molecule has 6 atom stereocenters. The summed E-state index contributed by atoms with van der Waals surface area (Å²) in [5.74, 6) is -2.48. The second-order valence-electron chi connectivity index (χ2n) is 13.0. The Morgan fingerprint density at radius 3 is 1.24 bits per heavy atom. The van der Waals surface area contributed by atoms with Gasteiger partial charge in [-0.2, -0.15) is 0 Å². The Kier molecular flexibility index (Phi) is 11.4. The molecule has 2 aromatic rings. The molecule has 4 aliphatic heterocycles. The molecule has 4 fully saturated rings. The molecule has 4 N–H and O–H groups in total. The van der Waals surface area contributed by atoms with Gasteiger partial charge in [0.2, 0.25) is 12.5 Å². The molecule has 4 aliphatic rings.